The Morgan fingerprint density at radius 1 is 1.37 bits per heavy atom. The van der Waals surface area contributed by atoms with Crippen LogP contribution in [0.5, 0.6) is 0 Å². The van der Waals surface area contributed by atoms with E-state index in [0.29, 0.717) is 19.4 Å². The van der Waals surface area contributed by atoms with Crippen LogP contribution >= 0.6 is 0 Å². The van der Waals surface area contributed by atoms with Crippen molar-refractivity contribution in [3.8, 4) is 0 Å². The van der Waals surface area contributed by atoms with Crippen LogP contribution in [-0.4, -0.2) is 27.6 Å². The van der Waals surface area contributed by atoms with Gasteiger partial charge in [0.25, 0.3) is 0 Å². The molecule has 1 saturated carbocycles. The standard InChI is InChI=1S/C14H24N4O/c19-14(15-10-9-13-16-11-17-18-13)8-4-7-12-5-2-1-3-6-12/h11-12H,1-10H2,(H,15,19)(H,16,17,18). The van der Waals surface area contributed by atoms with E-state index in [4.69, 9.17) is 0 Å². The first-order valence-corrected chi connectivity index (χ1v) is 7.45. The lowest BCUT2D eigenvalue weighted by molar-refractivity contribution is -0.121. The van der Waals surface area contributed by atoms with Gasteiger partial charge in [-0.3, -0.25) is 9.89 Å². The zero-order chi connectivity index (χ0) is 13.3. The molecule has 0 bridgehead atoms. The minimum Gasteiger partial charge on any atom is -0.356 e. The van der Waals surface area contributed by atoms with Gasteiger partial charge in [-0.1, -0.05) is 32.1 Å². The van der Waals surface area contributed by atoms with Crippen molar-refractivity contribution in [1.29, 1.82) is 0 Å². The second-order valence-corrected chi connectivity index (χ2v) is 5.43. The molecular formula is C14H24N4O. The average molecular weight is 264 g/mol. The van der Waals surface area contributed by atoms with E-state index in [9.17, 15) is 4.79 Å². The molecule has 2 rings (SSSR count). The van der Waals surface area contributed by atoms with E-state index in [-0.39, 0.29) is 5.91 Å². The number of carbonyl (C=O) groups excluding carboxylic acids is 1. The fourth-order valence-electron chi connectivity index (χ4n) is 2.79. The third kappa shape index (κ3) is 5.41. The quantitative estimate of drug-likeness (QED) is 0.793. The second kappa shape index (κ2) is 7.92. The molecule has 1 aromatic rings. The molecule has 0 atom stereocenters. The number of hydrogen-bond acceptors (Lipinski definition) is 3. The Hall–Kier alpha value is -1.39. The van der Waals surface area contributed by atoms with Crippen molar-refractivity contribution in [3.05, 3.63) is 12.2 Å². The lowest BCUT2D eigenvalue weighted by Crippen LogP contribution is -2.25. The van der Waals surface area contributed by atoms with E-state index in [1.54, 1.807) is 0 Å². The van der Waals surface area contributed by atoms with Gasteiger partial charge in [0.05, 0.1) is 0 Å². The van der Waals surface area contributed by atoms with E-state index in [0.717, 1.165) is 18.2 Å². The number of nitrogens with zero attached hydrogens (tertiary/aromatic N) is 2. The summed E-state index contributed by atoms with van der Waals surface area (Å²) in [5.74, 6) is 1.86. The minimum atomic E-state index is 0.162. The highest BCUT2D eigenvalue weighted by molar-refractivity contribution is 5.75. The van der Waals surface area contributed by atoms with Crippen LogP contribution in [0.2, 0.25) is 0 Å². The van der Waals surface area contributed by atoms with Crippen molar-refractivity contribution in [3.63, 3.8) is 0 Å². The zero-order valence-electron chi connectivity index (χ0n) is 11.5. The number of rotatable bonds is 7. The number of carbonyl (C=O) groups is 1. The van der Waals surface area contributed by atoms with Gasteiger partial charge in [0.15, 0.2) is 0 Å². The van der Waals surface area contributed by atoms with Gasteiger partial charge in [-0.2, -0.15) is 5.10 Å². The van der Waals surface area contributed by atoms with Crippen molar-refractivity contribution in [2.75, 3.05) is 6.54 Å². The molecule has 2 N–H and O–H groups in total. The molecule has 1 aliphatic rings. The Morgan fingerprint density at radius 3 is 2.95 bits per heavy atom. The molecule has 1 fully saturated rings. The van der Waals surface area contributed by atoms with Crippen molar-refractivity contribution >= 4 is 5.91 Å². The first kappa shape index (κ1) is 14.0. The van der Waals surface area contributed by atoms with Crippen LogP contribution in [0.3, 0.4) is 0 Å². The number of aromatic amines is 1. The lowest BCUT2D eigenvalue weighted by Gasteiger charge is -2.21. The Kier molecular flexibility index (Phi) is 5.85. The molecule has 0 saturated heterocycles. The Balaban J connectivity index is 1.49. The van der Waals surface area contributed by atoms with Crippen LogP contribution in [-0.2, 0) is 11.2 Å². The lowest BCUT2D eigenvalue weighted by atomic mass is 9.86. The molecular weight excluding hydrogens is 240 g/mol. The number of hydrogen-bond donors (Lipinski definition) is 2. The van der Waals surface area contributed by atoms with Crippen molar-refractivity contribution < 1.29 is 4.79 Å². The molecule has 5 nitrogen and oxygen atoms in total. The third-order valence-corrected chi connectivity index (χ3v) is 3.89. The van der Waals surface area contributed by atoms with E-state index < -0.39 is 0 Å². The summed E-state index contributed by atoms with van der Waals surface area (Å²) in [6.07, 6.45) is 12.0. The molecule has 0 aromatic carbocycles. The fourth-order valence-corrected chi connectivity index (χ4v) is 2.79. The van der Waals surface area contributed by atoms with Crippen LogP contribution in [0.25, 0.3) is 0 Å². The topological polar surface area (TPSA) is 70.7 Å². The van der Waals surface area contributed by atoms with Crippen LogP contribution < -0.4 is 5.32 Å². The van der Waals surface area contributed by atoms with Gasteiger partial charge in [0.1, 0.15) is 12.2 Å². The minimum absolute atomic E-state index is 0.162. The summed E-state index contributed by atoms with van der Waals surface area (Å²) in [7, 11) is 0. The average Bonchev–Trinajstić information content (AvgIpc) is 2.93. The summed E-state index contributed by atoms with van der Waals surface area (Å²) in [5, 5.41) is 9.49. The summed E-state index contributed by atoms with van der Waals surface area (Å²) in [6.45, 7) is 0.636. The van der Waals surface area contributed by atoms with Crippen LogP contribution in [0.4, 0.5) is 0 Å². The Bertz CT molecular complexity index is 358. The molecule has 0 unspecified atom stereocenters. The van der Waals surface area contributed by atoms with Crippen molar-refractivity contribution in [2.24, 2.45) is 5.92 Å². The smallest absolute Gasteiger partial charge is 0.220 e. The van der Waals surface area contributed by atoms with Gasteiger partial charge in [-0.25, -0.2) is 4.98 Å². The molecule has 0 radical (unpaired) electrons. The molecule has 1 aromatic heterocycles. The maximum atomic E-state index is 11.7. The van der Waals surface area contributed by atoms with Crippen molar-refractivity contribution in [2.45, 2.75) is 57.8 Å². The number of H-pyrrole nitrogens is 1. The summed E-state index contributed by atoms with van der Waals surface area (Å²) in [4.78, 5) is 15.7. The fraction of sp³-hybridized carbons (Fsp3) is 0.786. The maximum absolute atomic E-state index is 11.7. The van der Waals surface area contributed by atoms with Gasteiger partial charge in [0.2, 0.25) is 5.91 Å². The highest BCUT2D eigenvalue weighted by Crippen LogP contribution is 2.27. The molecule has 0 spiro atoms. The summed E-state index contributed by atoms with van der Waals surface area (Å²) >= 11 is 0. The number of aromatic nitrogens is 3. The van der Waals surface area contributed by atoms with Gasteiger partial charge in [0, 0.05) is 19.4 Å². The SMILES string of the molecule is O=C(CCCC1CCCCC1)NCCc1ncn[nH]1. The largest absolute Gasteiger partial charge is 0.356 e. The Labute approximate surface area is 114 Å². The molecule has 5 heteroatoms. The summed E-state index contributed by atoms with van der Waals surface area (Å²) < 4.78 is 0. The normalized spacial score (nSPS) is 16.4. The Morgan fingerprint density at radius 2 is 2.21 bits per heavy atom. The zero-order valence-corrected chi connectivity index (χ0v) is 11.5. The highest BCUT2D eigenvalue weighted by atomic mass is 16.1. The molecule has 1 heterocycles. The molecule has 0 aliphatic heterocycles. The number of nitrogens with one attached hydrogen (secondary N) is 2. The predicted molar refractivity (Wildman–Crippen MR) is 73.5 cm³/mol. The predicted octanol–water partition coefficient (Wildman–Crippen LogP) is 2.21. The monoisotopic (exact) mass is 264 g/mol. The van der Waals surface area contributed by atoms with Crippen LogP contribution in [0.1, 0.15) is 57.2 Å². The third-order valence-electron chi connectivity index (χ3n) is 3.89. The highest BCUT2D eigenvalue weighted by Gasteiger charge is 2.13. The second-order valence-electron chi connectivity index (χ2n) is 5.43. The van der Waals surface area contributed by atoms with Gasteiger partial charge in [-0.15, -0.1) is 0 Å². The number of amides is 1. The van der Waals surface area contributed by atoms with Gasteiger partial charge in [-0.05, 0) is 18.8 Å². The van der Waals surface area contributed by atoms with Crippen molar-refractivity contribution in [1.82, 2.24) is 20.5 Å². The van der Waals surface area contributed by atoms with Crippen LogP contribution in [0.15, 0.2) is 6.33 Å². The van der Waals surface area contributed by atoms with Crippen LogP contribution in [0, 0.1) is 5.92 Å². The molecule has 1 amide bonds. The van der Waals surface area contributed by atoms with E-state index in [2.05, 4.69) is 20.5 Å². The van der Waals surface area contributed by atoms with E-state index in [1.807, 2.05) is 0 Å². The molecule has 19 heavy (non-hydrogen) atoms. The first-order valence-electron chi connectivity index (χ1n) is 7.45. The maximum Gasteiger partial charge on any atom is 0.220 e. The summed E-state index contributed by atoms with van der Waals surface area (Å²) in [5.41, 5.74) is 0. The van der Waals surface area contributed by atoms with E-state index >= 15 is 0 Å². The first-order chi connectivity index (χ1) is 9.34. The molecule has 106 valence electrons. The summed E-state index contributed by atoms with van der Waals surface area (Å²) in [6, 6.07) is 0. The molecule has 1 aliphatic carbocycles. The van der Waals surface area contributed by atoms with E-state index in [1.165, 1.54) is 44.9 Å². The van der Waals surface area contributed by atoms with Gasteiger partial charge < -0.3 is 5.32 Å². The van der Waals surface area contributed by atoms with Gasteiger partial charge >= 0.3 is 0 Å².